The maximum absolute atomic E-state index is 12.0. The highest BCUT2D eigenvalue weighted by atomic mass is 16.2. The Morgan fingerprint density at radius 3 is 2.35 bits per heavy atom. The number of nitrogens with one attached hydrogen (secondary N) is 2. The number of aryl methyl sites for hydroxylation is 1. The van der Waals surface area contributed by atoms with Gasteiger partial charge in [0.1, 0.15) is 0 Å². The van der Waals surface area contributed by atoms with Crippen LogP contribution in [0.3, 0.4) is 0 Å². The summed E-state index contributed by atoms with van der Waals surface area (Å²) in [5.74, 6) is -0.163. The number of carbonyl (C=O) groups excluding carboxylic acids is 2. The van der Waals surface area contributed by atoms with E-state index in [9.17, 15) is 9.59 Å². The fraction of sp³-hybridized carbons (Fsp3) is 0.263. The molecule has 0 heterocycles. The molecule has 0 aliphatic carbocycles. The largest absolute Gasteiger partial charge is 0.355 e. The summed E-state index contributed by atoms with van der Waals surface area (Å²) < 4.78 is 0. The topological polar surface area (TPSA) is 58.2 Å². The minimum atomic E-state index is -0.0917. The lowest BCUT2D eigenvalue weighted by Gasteiger charge is -2.10. The van der Waals surface area contributed by atoms with Crippen molar-refractivity contribution in [2.45, 2.75) is 26.2 Å². The van der Waals surface area contributed by atoms with Gasteiger partial charge in [0.05, 0.1) is 6.42 Å². The molecular weight excluding hydrogens is 288 g/mol. The van der Waals surface area contributed by atoms with E-state index < -0.39 is 0 Å². The van der Waals surface area contributed by atoms with Gasteiger partial charge in [-0.3, -0.25) is 9.59 Å². The predicted octanol–water partition coefficient (Wildman–Crippen LogP) is 2.94. The maximum atomic E-state index is 12.0. The van der Waals surface area contributed by atoms with Crippen molar-refractivity contribution in [2.75, 3.05) is 11.9 Å². The fourth-order valence-electron chi connectivity index (χ4n) is 2.32. The zero-order chi connectivity index (χ0) is 16.5. The summed E-state index contributed by atoms with van der Waals surface area (Å²) in [4.78, 5) is 23.8. The maximum Gasteiger partial charge on any atom is 0.226 e. The Hall–Kier alpha value is -2.62. The number of para-hydroxylation sites is 1. The first kappa shape index (κ1) is 16.7. The molecule has 23 heavy (non-hydrogen) atoms. The second kappa shape index (κ2) is 8.73. The van der Waals surface area contributed by atoms with E-state index in [-0.39, 0.29) is 18.2 Å². The molecule has 0 aliphatic rings. The molecule has 0 fully saturated rings. The number of amides is 2. The van der Waals surface area contributed by atoms with Crippen LogP contribution in [0.5, 0.6) is 0 Å². The SMILES string of the molecule is CCc1ccccc1NC(=O)CCNC(=O)Cc1ccccc1. The third-order valence-electron chi connectivity index (χ3n) is 3.55. The van der Waals surface area contributed by atoms with Crippen LogP contribution >= 0.6 is 0 Å². The van der Waals surface area contributed by atoms with Crippen LogP contribution in [0, 0.1) is 0 Å². The van der Waals surface area contributed by atoms with Crippen LogP contribution in [-0.4, -0.2) is 18.4 Å². The minimum absolute atomic E-state index is 0.0713. The molecule has 0 radical (unpaired) electrons. The lowest BCUT2D eigenvalue weighted by atomic mass is 10.1. The highest BCUT2D eigenvalue weighted by Crippen LogP contribution is 2.15. The average Bonchev–Trinajstić information content (AvgIpc) is 2.56. The van der Waals surface area contributed by atoms with Crippen molar-refractivity contribution in [3.8, 4) is 0 Å². The summed E-state index contributed by atoms with van der Waals surface area (Å²) in [7, 11) is 0. The first-order valence-electron chi connectivity index (χ1n) is 7.87. The molecule has 120 valence electrons. The van der Waals surface area contributed by atoms with Gasteiger partial charge in [-0.15, -0.1) is 0 Å². The molecule has 0 aliphatic heterocycles. The Labute approximate surface area is 136 Å². The van der Waals surface area contributed by atoms with Gasteiger partial charge >= 0.3 is 0 Å². The van der Waals surface area contributed by atoms with Crippen molar-refractivity contribution in [1.29, 1.82) is 0 Å². The third-order valence-corrected chi connectivity index (χ3v) is 3.55. The van der Waals surface area contributed by atoms with Gasteiger partial charge in [0.2, 0.25) is 11.8 Å². The van der Waals surface area contributed by atoms with Gasteiger partial charge in [0.25, 0.3) is 0 Å². The molecule has 2 rings (SSSR count). The molecule has 2 N–H and O–H groups in total. The number of hydrogen-bond donors (Lipinski definition) is 2. The predicted molar refractivity (Wildman–Crippen MR) is 92.2 cm³/mol. The zero-order valence-electron chi connectivity index (χ0n) is 13.3. The molecule has 0 spiro atoms. The van der Waals surface area contributed by atoms with Gasteiger partial charge in [-0.05, 0) is 23.6 Å². The normalized spacial score (nSPS) is 10.1. The van der Waals surface area contributed by atoms with E-state index in [1.807, 2.05) is 54.6 Å². The Morgan fingerprint density at radius 2 is 1.61 bits per heavy atom. The van der Waals surface area contributed by atoms with E-state index in [0.717, 1.165) is 23.2 Å². The zero-order valence-corrected chi connectivity index (χ0v) is 13.3. The Kier molecular flexibility index (Phi) is 6.36. The molecule has 0 saturated carbocycles. The van der Waals surface area contributed by atoms with Crippen LogP contribution in [0.1, 0.15) is 24.5 Å². The second-order valence-corrected chi connectivity index (χ2v) is 5.32. The Bertz CT molecular complexity index is 653. The van der Waals surface area contributed by atoms with Crippen molar-refractivity contribution in [3.05, 3.63) is 65.7 Å². The Morgan fingerprint density at radius 1 is 0.913 bits per heavy atom. The van der Waals surface area contributed by atoms with Gasteiger partial charge < -0.3 is 10.6 Å². The lowest BCUT2D eigenvalue weighted by molar-refractivity contribution is -0.120. The van der Waals surface area contributed by atoms with E-state index in [4.69, 9.17) is 0 Å². The number of rotatable bonds is 7. The molecule has 4 heteroatoms. The summed E-state index contributed by atoms with van der Waals surface area (Å²) in [6, 6.07) is 17.3. The van der Waals surface area contributed by atoms with Crippen molar-refractivity contribution in [1.82, 2.24) is 5.32 Å². The van der Waals surface area contributed by atoms with Crippen LogP contribution < -0.4 is 10.6 Å². The second-order valence-electron chi connectivity index (χ2n) is 5.32. The van der Waals surface area contributed by atoms with Crippen LogP contribution in [0.2, 0.25) is 0 Å². The Balaban J connectivity index is 1.73. The first-order chi connectivity index (χ1) is 11.2. The highest BCUT2D eigenvalue weighted by Gasteiger charge is 2.07. The molecule has 4 nitrogen and oxygen atoms in total. The molecule has 0 aromatic heterocycles. The van der Waals surface area contributed by atoms with Gasteiger partial charge in [-0.25, -0.2) is 0 Å². The molecule has 0 bridgehead atoms. The van der Waals surface area contributed by atoms with Gasteiger partial charge in [0.15, 0.2) is 0 Å². The summed E-state index contributed by atoms with van der Waals surface area (Å²) >= 11 is 0. The molecule has 0 atom stereocenters. The summed E-state index contributed by atoms with van der Waals surface area (Å²) in [5, 5.41) is 5.67. The van der Waals surface area contributed by atoms with Gasteiger partial charge in [0, 0.05) is 18.7 Å². The van der Waals surface area contributed by atoms with Crippen molar-refractivity contribution >= 4 is 17.5 Å². The number of benzene rings is 2. The monoisotopic (exact) mass is 310 g/mol. The van der Waals surface area contributed by atoms with Crippen molar-refractivity contribution < 1.29 is 9.59 Å². The number of carbonyl (C=O) groups is 2. The van der Waals surface area contributed by atoms with E-state index in [1.165, 1.54) is 0 Å². The summed E-state index contributed by atoms with van der Waals surface area (Å²) in [6.45, 7) is 2.39. The molecular formula is C19H22N2O2. The quantitative estimate of drug-likeness (QED) is 0.826. The smallest absolute Gasteiger partial charge is 0.226 e. The first-order valence-corrected chi connectivity index (χ1v) is 7.87. The number of hydrogen-bond acceptors (Lipinski definition) is 2. The molecule has 0 saturated heterocycles. The summed E-state index contributed by atoms with van der Waals surface area (Å²) in [5.41, 5.74) is 2.91. The highest BCUT2D eigenvalue weighted by molar-refractivity contribution is 5.92. The molecule has 0 unspecified atom stereocenters. The van der Waals surface area contributed by atoms with Gasteiger partial charge in [-0.2, -0.15) is 0 Å². The van der Waals surface area contributed by atoms with Crippen LogP contribution in [0.4, 0.5) is 5.69 Å². The molecule has 2 aromatic rings. The van der Waals surface area contributed by atoms with Crippen molar-refractivity contribution in [2.24, 2.45) is 0 Å². The number of anilines is 1. The van der Waals surface area contributed by atoms with Crippen LogP contribution in [0.15, 0.2) is 54.6 Å². The van der Waals surface area contributed by atoms with E-state index in [0.29, 0.717) is 13.0 Å². The third kappa shape index (κ3) is 5.58. The molecule has 2 aromatic carbocycles. The lowest BCUT2D eigenvalue weighted by Crippen LogP contribution is -2.29. The van der Waals surface area contributed by atoms with Crippen LogP contribution in [0.25, 0.3) is 0 Å². The minimum Gasteiger partial charge on any atom is -0.355 e. The summed E-state index contributed by atoms with van der Waals surface area (Å²) in [6.07, 6.45) is 1.46. The van der Waals surface area contributed by atoms with E-state index in [2.05, 4.69) is 17.6 Å². The molecule has 2 amide bonds. The standard InChI is InChI=1S/C19H22N2O2/c1-2-16-10-6-7-11-17(16)21-18(22)12-13-20-19(23)14-15-8-4-3-5-9-15/h3-11H,2,12-14H2,1H3,(H,20,23)(H,21,22). The average molecular weight is 310 g/mol. The van der Waals surface area contributed by atoms with Crippen molar-refractivity contribution in [3.63, 3.8) is 0 Å². The van der Waals surface area contributed by atoms with E-state index in [1.54, 1.807) is 0 Å². The fourth-order valence-corrected chi connectivity index (χ4v) is 2.32. The van der Waals surface area contributed by atoms with E-state index >= 15 is 0 Å². The van der Waals surface area contributed by atoms with Crippen LogP contribution in [-0.2, 0) is 22.4 Å². The van der Waals surface area contributed by atoms with Gasteiger partial charge in [-0.1, -0.05) is 55.5 Å².